The van der Waals surface area contributed by atoms with Crippen LogP contribution in [0.15, 0.2) is 67.3 Å². The number of benzene rings is 2. The van der Waals surface area contributed by atoms with Crippen molar-refractivity contribution >= 4 is 17.5 Å². The van der Waals surface area contributed by atoms with E-state index in [9.17, 15) is 23.1 Å². The summed E-state index contributed by atoms with van der Waals surface area (Å²) in [6.45, 7) is -0.691. The van der Waals surface area contributed by atoms with Crippen LogP contribution in [0.1, 0.15) is 15.9 Å². The molecule has 1 aromatic heterocycles. The minimum absolute atomic E-state index is 0.0877. The number of nitrogens with one attached hydrogen (secondary N) is 1. The van der Waals surface area contributed by atoms with Gasteiger partial charge in [-0.25, -0.2) is 14.1 Å². The Bertz CT molecular complexity index is 1000. The number of carbonyl (C=O) groups excluding carboxylic acids is 1. The van der Waals surface area contributed by atoms with Crippen LogP contribution in [0.25, 0.3) is 0 Å². The third-order valence-corrected chi connectivity index (χ3v) is 4.89. The first-order chi connectivity index (χ1) is 14.6. The lowest BCUT2D eigenvalue weighted by atomic mass is 9.84. The molecule has 2 aromatic carbocycles. The standard InChI is InChI=1S/C20H17ClF4N4O2/c21-15-8-6-14(7-9-15)19(31,10-29-12-26-11-27-29)16(22)17(20(23,24)25)28-18(30)13-4-2-1-3-5-13/h1-9,11-12,16-17,31H,10H2,(H,28,30). The fourth-order valence-corrected chi connectivity index (χ4v) is 3.17. The molecule has 0 saturated heterocycles. The van der Waals surface area contributed by atoms with E-state index in [4.69, 9.17) is 11.6 Å². The van der Waals surface area contributed by atoms with Crippen LogP contribution in [-0.2, 0) is 12.1 Å². The lowest BCUT2D eigenvalue weighted by molar-refractivity contribution is -0.194. The zero-order valence-corrected chi connectivity index (χ0v) is 16.6. The number of hydrogen-bond acceptors (Lipinski definition) is 4. The molecule has 3 rings (SSSR count). The number of hydrogen-bond donors (Lipinski definition) is 2. The van der Waals surface area contributed by atoms with Gasteiger partial charge >= 0.3 is 6.18 Å². The molecule has 3 aromatic rings. The number of carbonyl (C=O) groups is 1. The van der Waals surface area contributed by atoms with E-state index in [1.807, 2.05) is 0 Å². The summed E-state index contributed by atoms with van der Waals surface area (Å²) in [5.41, 5.74) is -2.99. The van der Waals surface area contributed by atoms with Crippen LogP contribution in [0, 0.1) is 0 Å². The van der Waals surface area contributed by atoms with E-state index in [1.54, 1.807) is 11.4 Å². The van der Waals surface area contributed by atoms with Crippen molar-refractivity contribution in [3.05, 3.63) is 83.4 Å². The number of aromatic nitrogens is 3. The first-order valence-corrected chi connectivity index (χ1v) is 9.36. The van der Waals surface area contributed by atoms with E-state index in [0.717, 1.165) is 17.3 Å². The third kappa shape index (κ3) is 5.20. The Morgan fingerprint density at radius 2 is 1.77 bits per heavy atom. The topological polar surface area (TPSA) is 80.0 Å². The van der Waals surface area contributed by atoms with Gasteiger partial charge in [-0.1, -0.05) is 41.9 Å². The summed E-state index contributed by atoms with van der Waals surface area (Å²) in [5, 5.41) is 16.8. The highest BCUT2D eigenvalue weighted by Crippen LogP contribution is 2.37. The van der Waals surface area contributed by atoms with E-state index >= 15 is 4.39 Å². The molecule has 0 aliphatic heterocycles. The molecule has 31 heavy (non-hydrogen) atoms. The monoisotopic (exact) mass is 456 g/mol. The number of aliphatic hydroxyl groups is 1. The van der Waals surface area contributed by atoms with Crippen LogP contribution >= 0.6 is 11.6 Å². The van der Waals surface area contributed by atoms with E-state index in [2.05, 4.69) is 10.1 Å². The number of rotatable bonds is 7. The second-order valence-corrected chi connectivity index (χ2v) is 7.22. The van der Waals surface area contributed by atoms with Crippen molar-refractivity contribution in [3.63, 3.8) is 0 Å². The average Bonchev–Trinajstić information content (AvgIpc) is 3.24. The van der Waals surface area contributed by atoms with Gasteiger partial charge in [-0.3, -0.25) is 4.79 Å². The molecule has 6 nitrogen and oxygen atoms in total. The van der Waals surface area contributed by atoms with Crippen molar-refractivity contribution < 1.29 is 27.5 Å². The summed E-state index contributed by atoms with van der Waals surface area (Å²) in [6, 6.07) is 9.09. The molecule has 2 N–H and O–H groups in total. The molecular formula is C20H17ClF4N4O2. The minimum Gasteiger partial charge on any atom is -0.380 e. The zero-order valence-electron chi connectivity index (χ0n) is 15.8. The van der Waals surface area contributed by atoms with Gasteiger partial charge in [0.15, 0.2) is 12.2 Å². The fraction of sp³-hybridized carbons (Fsp3) is 0.250. The molecule has 3 unspecified atom stereocenters. The molecule has 0 aliphatic rings. The quantitative estimate of drug-likeness (QED) is 0.533. The van der Waals surface area contributed by atoms with E-state index in [0.29, 0.717) is 0 Å². The fourth-order valence-electron chi connectivity index (χ4n) is 3.05. The predicted molar refractivity (Wildman–Crippen MR) is 104 cm³/mol. The minimum atomic E-state index is -5.20. The molecule has 0 spiro atoms. The van der Waals surface area contributed by atoms with Crippen molar-refractivity contribution in [1.82, 2.24) is 20.1 Å². The molecule has 164 valence electrons. The van der Waals surface area contributed by atoms with Gasteiger partial charge in [0.25, 0.3) is 5.91 Å². The molecule has 0 radical (unpaired) electrons. The Labute approximate surface area is 179 Å². The van der Waals surface area contributed by atoms with Crippen LogP contribution in [0.5, 0.6) is 0 Å². The molecule has 0 fully saturated rings. The highest BCUT2D eigenvalue weighted by molar-refractivity contribution is 6.30. The smallest absolute Gasteiger partial charge is 0.380 e. The summed E-state index contributed by atoms with van der Waals surface area (Å²) < 4.78 is 58.0. The van der Waals surface area contributed by atoms with Gasteiger partial charge in [-0.15, -0.1) is 0 Å². The molecule has 0 saturated carbocycles. The van der Waals surface area contributed by atoms with Gasteiger partial charge in [0, 0.05) is 10.6 Å². The number of alkyl halides is 4. The maximum atomic E-state index is 15.6. The Morgan fingerprint density at radius 1 is 1.13 bits per heavy atom. The SMILES string of the molecule is O=C(NC(C(F)C(O)(Cn1cncn1)c1ccc(Cl)cc1)C(F)(F)F)c1ccccc1. The second kappa shape index (κ2) is 9.03. The molecule has 1 amide bonds. The largest absolute Gasteiger partial charge is 0.411 e. The first-order valence-electron chi connectivity index (χ1n) is 8.99. The maximum absolute atomic E-state index is 15.6. The first kappa shape index (κ1) is 22.7. The van der Waals surface area contributed by atoms with E-state index in [1.165, 1.54) is 48.5 Å². The number of halogens is 5. The third-order valence-electron chi connectivity index (χ3n) is 4.64. The van der Waals surface area contributed by atoms with Crippen molar-refractivity contribution in [1.29, 1.82) is 0 Å². The van der Waals surface area contributed by atoms with Crippen molar-refractivity contribution in [3.8, 4) is 0 Å². The Kier molecular flexibility index (Phi) is 6.61. The molecule has 1 heterocycles. The van der Waals surface area contributed by atoms with E-state index in [-0.39, 0.29) is 16.1 Å². The lowest BCUT2D eigenvalue weighted by Gasteiger charge is -2.37. The second-order valence-electron chi connectivity index (χ2n) is 6.78. The van der Waals surface area contributed by atoms with E-state index < -0.39 is 36.4 Å². The molecule has 11 heteroatoms. The highest BCUT2D eigenvalue weighted by Gasteiger charge is 2.55. The number of nitrogens with zero attached hydrogens (tertiary/aromatic N) is 3. The van der Waals surface area contributed by atoms with Gasteiger partial charge in [0.2, 0.25) is 0 Å². The molecule has 0 bridgehead atoms. The van der Waals surface area contributed by atoms with Crippen molar-refractivity contribution in [2.75, 3.05) is 0 Å². The van der Waals surface area contributed by atoms with Crippen LogP contribution in [-0.4, -0.2) is 44.2 Å². The van der Waals surface area contributed by atoms with Crippen LogP contribution in [0.4, 0.5) is 17.6 Å². The predicted octanol–water partition coefficient (Wildman–Crippen LogP) is 3.52. The molecular weight excluding hydrogens is 440 g/mol. The summed E-state index contributed by atoms with van der Waals surface area (Å²) in [5.74, 6) is -1.13. The van der Waals surface area contributed by atoms with Gasteiger partial charge in [-0.2, -0.15) is 18.3 Å². The van der Waals surface area contributed by atoms with Gasteiger partial charge < -0.3 is 10.4 Å². The van der Waals surface area contributed by atoms with Crippen LogP contribution < -0.4 is 5.32 Å². The maximum Gasteiger partial charge on any atom is 0.411 e. The van der Waals surface area contributed by atoms with Gasteiger partial charge in [0.05, 0.1) is 6.54 Å². The summed E-state index contributed by atoms with van der Waals surface area (Å²) in [6.07, 6.45) is -5.98. The normalized spacial score (nSPS) is 15.7. The summed E-state index contributed by atoms with van der Waals surface area (Å²) >= 11 is 5.82. The average molecular weight is 457 g/mol. The number of amides is 1. The molecule has 3 atom stereocenters. The summed E-state index contributed by atoms with van der Waals surface area (Å²) in [7, 11) is 0. The van der Waals surface area contributed by atoms with Gasteiger partial charge in [-0.05, 0) is 29.8 Å². The van der Waals surface area contributed by atoms with Crippen molar-refractivity contribution in [2.45, 2.75) is 30.5 Å². The van der Waals surface area contributed by atoms with Gasteiger partial charge in [0.1, 0.15) is 18.3 Å². The highest BCUT2D eigenvalue weighted by atomic mass is 35.5. The Morgan fingerprint density at radius 3 is 2.32 bits per heavy atom. The zero-order chi connectivity index (χ0) is 22.6. The lowest BCUT2D eigenvalue weighted by Crippen LogP contribution is -2.59. The molecule has 0 aliphatic carbocycles. The van der Waals surface area contributed by atoms with Crippen LogP contribution in [0.3, 0.4) is 0 Å². The van der Waals surface area contributed by atoms with Crippen LogP contribution in [0.2, 0.25) is 5.02 Å². The Balaban J connectivity index is 2.00. The summed E-state index contributed by atoms with van der Waals surface area (Å²) in [4.78, 5) is 16.0. The Hall–Kier alpha value is -2.98. The van der Waals surface area contributed by atoms with Crippen molar-refractivity contribution in [2.24, 2.45) is 0 Å².